The normalized spacial score (nSPS) is 34.2. The minimum atomic E-state index is -1.89. The number of nitrogens with zero attached hydrogens (tertiary/aromatic N) is 3. The molecule has 2 aliphatic carbocycles. The lowest BCUT2D eigenvalue weighted by Gasteiger charge is -2.44. The van der Waals surface area contributed by atoms with Gasteiger partial charge in [-0.25, -0.2) is 4.98 Å². The molecule has 7 nitrogen and oxygen atoms in total. The van der Waals surface area contributed by atoms with Gasteiger partial charge in [0.1, 0.15) is 10.9 Å². The van der Waals surface area contributed by atoms with Crippen LogP contribution in [-0.4, -0.2) is 54.0 Å². The lowest BCUT2D eigenvalue weighted by molar-refractivity contribution is -0.162. The van der Waals surface area contributed by atoms with Crippen LogP contribution in [0.5, 0.6) is 11.6 Å². The summed E-state index contributed by atoms with van der Waals surface area (Å²) in [5.74, 6) is -0.189. The molecular formula is C28H30ClN3O4. The van der Waals surface area contributed by atoms with Gasteiger partial charge in [0.25, 0.3) is 0 Å². The van der Waals surface area contributed by atoms with Crippen molar-refractivity contribution in [1.29, 1.82) is 5.26 Å². The van der Waals surface area contributed by atoms with E-state index in [-0.39, 0.29) is 34.7 Å². The van der Waals surface area contributed by atoms with Gasteiger partial charge >= 0.3 is 0 Å². The molecule has 1 aromatic heterocycles. The smallest absolute Gasteiger partial charge is 0.224 e. The predicted octanol–water partition coefficient (Wildman–Crippen LogP) is 3.64. The van der Waals surface area contributed by atoms with Crippen LogP contribution >= 0.6 is 11.6 Å². The lowest BCUT2D eigenvalue weighted by Crippen LogP contribution is -2.54. The van der Waals surface area contributed by atoms with Crippen molar-refractivity contribution in [3.05, 3.63) is 76.5 Å². The maximum atomic E-state index is 12.8. The van der Waals surface area contributed by atoms with Crippen molar-refractivity contribution in [2.45, 2.75) is 24.2 Å². The van der Waals surface area contributed by atoms with Crippen LogP contribution in [0.1, 0.15) is 23.6 Å². The van der Waals surface area contributed by atoms with Crippen molar-refractivity contribution in [2.24, 2.45) is 23.7 Å². The molecule has 8 heteroatoms. The van der Waals surface area contributed by atoms with Gasteiger partial charge in [0.15, 0.2) is 11.2 Å². The summed E-state index contributed by atoms with van der Waals surface area (Å²) in [6.07, 6.45) is 7.09. The van der Waals surface area contributed by atoms with Gasteiger partial charge in [-0.2, -0.15) is 5.26 Å². The Morgan fingerprint density at radius 1 is 1.22 bits per heavy atom. The minimum absolute atomic E-state index is 0.0528. The first kappa shape index (κ1) is 24.8. The van der Waals surface area contributed by atoms with Gasteiger partial charge in [-0.05, 0) is 43.6 Å². The van der Waals surface area contributed by atoms with E-state index in [2.05, 4.69) is 30.1 Å². The quantitative estimate of drug-likeness (QED) is 0.596. The van der Waals surface area contributed by atoms with E-state index in [0.717, 1.165) is 0 Å². The van der Waals surface area contributed by atoms with E-state index in [0.29, 0.717) is 29.0 Å². The zero-order valence-electron chi connectivity index (χ0n) is 20.7. The molecule has 7 atom stereocenters. The second-order valence-electron chi connectivity index (χ2n) is 10.2. The molecule has 5 rings (SSSR count). The highest BCUT2D eigenvalue weighted by Crippen LogP contribution is 2.69. The van der Waals surface area contributed by atoms with Crippen LogP contribution in [0.25, 0.3) is 0 Å². The first-order valence-electron chi connectivity index (χ1n) is 12.0. The maximum Gasteiger partial charge on any atom is 0.224 e. The molecule has 2 aromatic rings. The summed E-state index contributed by atoms with van der Waals surface area (Å²) < 4.78 is 12.4. The second kappa shape index (κ2) is 8.89. The Bertz CT molecular complexity index is 1270. The molecule has 2 heterocycles. The number of aromatic nitrogens is 1. The van der Waals surface area contributed by atoms with Gasteiger partial charge in [-0.3, -0.25) is 0 Å². The van der Waals surface area contributed by atoms with E-state index in [4.69, 9.17) is 21.1 Å². The van der Waals surface area contributed by atoms with E-state index in [9.17, 15) is 15.5 Å². The Morgan fingerprint density at radius 2 is 1.92 bits per heavy atom. The zero-order chi connectivity index (χ0) is 25.8. The van der Waals surface area contributed by atoms with Crippen LogP contribution in [0.3, 0.4) is 0 Å². The predicted molar refractivity (Wildman–Crippen MR) is 136 cm³/mol. The van der Waals surface area contributed by atoms with Gasteiger partial charge in [0.2, 0.25) is 5.88 Å². The summed E-state index contributed by atoms with van der Waals surface area (Å²) in [6, 6.07) is 10.7. The first-order chi connectivity index (χ1) is 17.2. The number of hydrogen-bond donors (Lipinski definition) is 2. The number of aliphatic hydroxyl groups excluding tert-OH is 1. The summed E-state index contributed by atoms with van der Waals surface area (Å²) in [6.45, 7) is 2.66. The SMILES string of the molecule is COc1nc(Cl)cc2c1[C@]1(O)[C@H](O)[C@H](CN(C)C)[C@@H](C3C=CC=CC3C)[C@]1(c1ccc(C#N)cc1)O2. The third-order valence-electron chi connectivity index (χ3n) is 7.99. The van der Waals surface area contributed by atoms with E-state index in [1.54, 1.807) is 18.2 Å². The number of hydrogen-bond acceptors (Lipinski definition) is 7. The molecule has 2 unspecified atom stereocenters. The molecule has 1 aromatic carbocycles. The number of aliphatic hydroxyl groups is 2. The standard InChI is InChI=1S/C28H30ClN3O4/c1-16-7-5-6-8-19(16)23-20(15-32(2)3)25(33)27(34)24-21(13-22(29)31-26(24)35-4)36-28(23,27)18-11-9-17(14-30)10-12-18/h5-13,16,19-20,23,25,33-34H,15H2,1-4H3/t16?,19?,20-,23-,25-,27+,28+/m1/s1. The summed E-state index contributed by atoms with van der Waals surface area (Å²) >= 11 is 6.30. The van der Waals surface area contributed by atoms with Crippen molar-refractivity contribution in [3.63, 3.8) is 0 Å². The highest BCUT2D eigenvalue weighted by atomic mass is 35.5. The second-order valence-corrected chi connectivity index (χ2v) is 10.6. The van der Waals surface area contributed by atoms with Gasteiger partial charge in [-0.15, -0.1) is 0 Å². The average molecular weight is 508 g/mol. The lowest BCUT2D eigenvalue weighted by atomic mass is 9.65. The highest BCUT2D eigenvalue weighted by Gasteiger charge is 2.77. The van der Waals surface area contributed by atoms with E-state index < -0.39 is 17.3 Å². The molecular weight excluding hydrogens is 478 g/mol. The summed E-state index contributed by atoms with van der Waals surface area (Å²) in [5, 5.41) is 34.4. The largest absolute Gasteiger partial charge is 0.481 e. The Hall–Kier alpha value is -2.89. The minimum Gasteiger partial charge on any atom is -0.481 e. The van der Waals surface area contributed by atoms with Crippen molar-refractivity contribution in [1.82, 2.24) is 9.88 Å². The number of fused-ring (bicyclic) bond motifs is 3. The average Bonchev–Trinajstić information content (AvgIpc) is 3.22. The molecule has 0 amide bonds. The van der Waals surface area contributed by atoms with Crippen LogP contribution in [0, 0.1) is 35.0 Å². The first-order valence-corrected chi connectivity index (χ1v) is 12.4. The molecule has 1 fully saturated rings. The molecule has 3 aliphatic rings. The van der Waals surface area contributed by atoms with Crippen LogP contribution in [0.2, 0.25) is 5.15 Å². The molecule has 0 bridgehead atoms. The number of allylic oxidation sites excluding steroid dienone is 4. The molecule has 36 heavy (non-hydrogen) atoms. The molecule has 1 saturated carbocycles. The number of nitriles is 1. The van der Waals surface area contributed by atoms with Crippen LogP contribution in [-0.2, 0) is 11.2 Å². The van der Waals surface area contributed by atoms with E-state index >= 15 is 0 Å². The van der Waals surface area contributed by atoms with Gasteiger partial charge < -0.3 is 24.6 Å². The Balaban J connectivity index is 1.84. The van der Waals surface area contributed by atoms with E-state index in [1.165, 1.54) is 7.11 Å². The van der Waals surface area contributed by atoms with Gasteiger partial charge in [0.05, 0.1) is 30.4 Å². The fourth-order valence-corrected chi connectivity index (χ4v) is 6.80. The zero-order valence-corrected chi connectivity index (χ0v) is 21.5. The number of pyridine rings is 1. The number of methoxy groups -OCH3 is 1. The number of ether oxygens (including phenoxy) is 2. The van der Waals surface area contributed by atoms with Gasteiger partial charge in [0, 0.05) is 24.4 Å². The molecule has 0 radical (unpaired) electrons. The third-order valence-corrected chi connectivity index (χ3v) is 8.19. The van der Waals surface area contributed by atoms with Crippen molar-refractivity contribution in [3.8, 4) is 17.7 Å². The molecule has 188 valence electrons. The van der Waals surface area contributed by atoms with Gasteiger partial charge in [-0.1, -0.05) is 55.0 Å². The fraction of sp³-hybridized carbons (Fsp3) is 0.429. The van der Waals surface area contributed by atoms with Crippen molar-refractivity contribution < 1.29 is 19.7 Å². The third kappa shape index (κ3) is 3.32. The topological polar surface area (TPSA) is 98.8 Å². The molecule has 0 saturated heterocycles. The molecule has 0 spiro atoms. The van der Waals surface area contributed by atoms with Crippen LogP contribution < -0.4 is 9.47 Å². The summed E-state index contributed by atoms with van der Waals surface area (Å²) in [4.78, 5) is 6.32. The van der Waals surface area contributed by atoms with Crippen LogP contribution in [0.15, 0.2) is 54.6 Å². The Kier molecular flexibility index (Phi) is 6.12. The highest BCUT2D eigenvalue weighted by molar-refractivity contribution is 6.29. The Labute approximate surface area is 216 Å². The van der Waals surface area contributed by atoms with Crippen molar-refractivity contribution >= 4 is 11.6 Å². The number of rotatable bonds is 5. The number of halogens is 1. The van der Waals surface area contributed by atoms with Crippen molar-refractivity contribution in [2.75, 3.05) is 27.7 Å². The monoisotopic (exact) mass is 507 g/mol. The summed E-state index contributed by atoms with van der Waals surface area (Å²) in [5.41, 5.74) is -1.83. The number of benzene rings is 1. The summed E-state index contributed by atoms with van der Waals surface area (Å²) in [7, 11) is 5.36. The Morgan fingerprint density at radius 3 is 2.53 bits per heavy atom. The van der Waals surface area contributed by atoms with Crippen LogP contribution in [0.4, 0.5) is 0 Å². The van der Waals surface area contributed by atoms with E-state index in [1.807, 2.05) is 43.3 Å². The fourth-order valence-electron chi connectivity index (χ4n) is 6.62. The maximum absolute atomic E-state index is 12.8. The molecule has 1 aliphatic heterocycles. The molecule has 2 N–H and O–H groups in total.